The first-order valence-electron chi connectivity index (χ1n) is 12.0. The number of anilines is 2. The van der Waals surface area contributed by atoms with Crippen LogP contribution in [0.4, 0.5) is 11.4 Å². The molecule has 3 heterocycles. The molecule has 3 fully saturated rings. The Morgan fingerprint density at radius 1 is 1.18 bits per heavy atom. The average molecular weight is 483 g/mol. The molecule has 0 bridgehead atoms. The summed E-state index contributed by atoms with van der Waals surface area (Å²) >= 11 is 6.53. The quantitative estimate of drug-likeness (QED) is 0.684. The molecule has 34 heavy (non-hydrogen) atoms. The Morgan fingerprint density at radius 2 is 1.97 bits per heavy atom. The van der Waals surface area contributed by atoms with Crippen LogP contribution in [0.1, 0.15) is 30.7 Å². The fourth-order valence-electron chi connectivity index (χ4n) is 5.63. The van der Waals surface area contributed by atoms with E-state index in [1.54, 1.807) is 0 Å². The van der Waals surface area contributed by atoms with E-state index in [0.29, 0.717) is 36.9 Å². The molecule has 0 aliphatic carbocycles. The SMILES string of the molecule is O=C(CN1C[C@@H](c2ccccc2)[C@@]2(CCCC(=O)N2)C1)Nc1ccc(N2CCOCC2)c(Cl)c1. The first-order chi connectivity index (χ1) is 16.5. The van der Waals surface area contributed by atoms with Crippen molar-refractivity contribution in [2.75, 3.05) is 56.2 Å². The minimum Gasteiger partial charge on any atom is -0.378 e. The Kier molecular flexibility index (Phi) is 6.77. The lowest BCUT2D eigenvalue weighted by Crippen LogP contribution is -2.56. The Morgan fingerprint density at radius 3 is 2.71 bits per heavy atom. The van der Waals surface area contributed by atoms with Crippen LogP contribution in [0.15, 0.2) is 48.5 Å². The van der Waals surface area contributed by atoms with Crippen molar-refractivity contribution in [3.05, 3.63) is 59.1 Å². The number of nitrogens with one attached hydrogen (secondary N) is 2. The van der Waals surface area contributed by atoms with Crippen LogP contribution in [-0.4, -0.2) is 68.2 Å². The number of benzene rings is 2. The lowest BCUT2D eigenvalue weighted by atomic mass is 9.76. The summed E-state index contributed by atoms with van der Waals surface area (Å²) in [5, 5.41) is 6.91. The van der Waals surface area contributed by atoms with E-state index in [1.165, 1.54) is 5.56 Å². The first kappa shape index (κ1) is 23.1. The number of hydrogen-bond donors (Lipinski definition) is 2. The molecule has 0 aromatic heterocycles. The van der Waals surface area contributed by atoms with Crippen LogP contribution >= 0.6 is 11.6 Å². The zero-order valence-corrected chi connectivity index (χ0v) is 20.0. The Balaban J connectivity index is 1.25. The number of halogens is 1. The van der Waals surface area contributed by atoms with Crippen LogP contribution in [0, 0.1) is 0 Å². The van der Waals surface area contributed by atoms with Crippen LogP contribution in [0.25, 0.3) is 0 Å². The molecule has 0 unspecified atom stereocenters. The smallest absolute Gasteiger partial charge is 0.238 e. The molecular weight excluding hydrogens is 452 g/mol. The molecule has 3 aliphatic rings. The van der Waals surface area contributed by atoms with E-state index in [4.69, 9.17) is 16.3 Å². The lowest BCUT2D eigenvalue weighted by molar-refractivity contribution is -0.125. The minimum absolute atomic E-state index is 0.0822. The van der Waals surface area contributed by atoms with Gasteiger partial charge in [0.25, 0.3) is 0 Å². The third-order valence-electron chi connectivity index (χ3n) is 7.18. The van der Waals surface area contributed by atoms with Gasteiger partial charge in [0, 0.05) is 44.2 Å². The highest BCUT2D eigenvalue weighted by molar-refractivity contribution is 6.33. The van der Waals surface area contributed by atoms with E-state index < -0.39 is 0 Å². The number of carbonyl (C=O) groups is 2. The van der Waals surface area contributed by atoms with E-state index in [2.05, 4.69) is 32.6 Å². The highest BCUT2D eigenvalue weighted by atomic mass is 35.5. The van der Waals surface area contributed by atoms with Gasteiger partial charge < -0.3 is 20.3 Å². The second-order valence-electron chi connectivity index (χ2n) is 9.50. The summed E-state index contributed by atoms with van der Waals surface area (Å²) in [7, 11) is 0. The van der Waals surface area contributed by atoms with E-state index in [-0.39, 0.29) is 29.8 Å². The Hall–Kier alpha value is -2.61. The van der Waals surface area contributed by atoms with Crippen molar-refractivity contribution in [1.29, 1.82) is 0 Å². The second kappa shape index (κ2) is 9.94. The number of piperidine rings is 1. The van der Waals surface area contributed by atoms with Gasteiger partial charge in [-0.2, -0.15) is 0 Å². The molecule has 0 radical (unpaired) electrons. The monoisotopic (exact) mass is 482 g/mol. The number of carbonyl (C=O) groups excluding carboxylic acids is 2. The molecule has 3 aliphatic heterocycles. The molecule has 2 atom stereocenters. The van der Waals surface area contributed by atoms with Gasteiger partial charge in [-0.3, -0.25) is 14.5 Å². The van der Waals surface area contributed by atoms with E-state index in [9.17, 15) is 9.59 Å². The average Bonchev–Trinajstić information content (AvgIpc) is 3.16. The van der Waals surface area contributed by atoms with Crippen molar-refractivity contribution in [3.63, 3.8) is 0 Å². The summed E-state index contributed by atoms with van der Waals surface area (Å²) in [6.07, 6.45) is 2.38. The highest BCUT2D eigenvalue weighted by Crippen LogP contribution is 2.41. The van der Waals surface area contributed by atoms with Crippen LogP contribution in [0.3, 0.4) is 0 Å². The maximum Gasteiger partial charge on any atom is 0.238 e. The van der Waals surface area contributed by atoms with Crippen molar-refractivity contribution >= 4 is 34.8 Å². The second-order valence-corrected chi connectivity index (χ2v) is 9.91. The molecule has 3 saturated heterocycles. The predicted octanol–water partition coefficient (Wildman–Crippen LogP) is 3.25. The van der Waals surface area contributed by atoms with Crippen LogP contribution in [0.2, 0.25) is 5.02 Å². The zero-order valence-electron chi connectivity index (χ0n) is 19.3. The van der Waals surface area contributed by atoms with Gasteiger partial charge in [0.1, 0.15) is 0 Å². The number of likely N-dealkylation sites (tertiary alicyclic amines) is 1. The minimum atomic E-state index is -0.319. The maximum absolute atomic E-state index is 12.9. The molecule has 8 heteroatoms. The summed E-state index contributed by atoms with van der Waals surface area (Å²) in [5.41, 5.74) is 2.54. The summed E-state index contributed by atoms with van der Waals surface area (Å²) in [5.74, 6) is 0.183. The van der Waals surface area contributed by atoms with Crippen molar-refractivity contribution < 1.29 is 14.3 Å². The van der Waals surface area contributed by atoms with Gasteiger partial charge in [0.15, 0.2) is 0 Å². The molecule has 5 rings (SSSR count). The predicted molar refractivity (Wildman–Crippen MR) is 133 cm³/mol. The summed E-state index contributed by atoms with van der Waals surface area (Å²) in [6, 6.07) is 16.0. The van der Waals surface area contributed by atoms with E-state index in [1.807, 2.05) is 36.4 Å². The van der Waals surface area contributed by atoms with Crippen LogP contribution in [0.5, 0.6) is 0 Å². The number of nitrogens with zero attached hydrogens (tertiary/aromatic N) is 2. The van der Waals surface area contributed by atoms with Crippen LogP contribution in [-0.2, 0) is 14.3 Å². The summed E-state index contributed by atoms with van der Waals surface area (Å²) in [6.45, 7) is 4.66. The standard InChI is InChI=1S/C26H31ClN4O3/c27-22-15-20(8-9-23(22)31-11-13-34-14-12-31)28-25(33)17-30-16-21(19-5-2-1-3-6-19)26(18-30)10-4-7-24(32)29-26/h1-3,5-6,8-9,15,21H,4,7,10-14,16-18H2,(H,28,33)(H,29,32)/t21-,26+/m0/s1. The largest absolute Gasteiger partial charge is 0.378 e. The molecule has 180 valence electrons. The van der Waals surface area contributed by atoms with Gasteiger partial charge >= 0.3 is 0 Å². The number of ether oxygens (including phenoxy) is 1. The highest BCUT2D eigenvalue weighted by Gasteiger charge is 2.49. The molecule has 2 N–H and O–H groups in total. The molecule has 0 saturated carbocycles. The van der Waals surface area contributed by atoms with Crippen LogP contribution < -0.4 is 15.5 Å². The van der Waals surface area contributed by atoms with Crippen molar-refractivity contribution in [2.45, 2.75) is 30.7 Å². The fourth-order valence-corrected chi connectivity index (χ4v) is 5.93. The maximum atomic E-state index is 12.9. The number of rotatable bonds is 5. The molecule has 1 spiro atoms. The topological polar surface area (TPSA) is 73.9 Å². The molecular formula is C26H31ClN4O3. The van der Waals surface area contributed by atoms with Crippen molar-refractivity contribution in [2.24, 2.45) is 0 Å². The Bertz CT molecular complexity index is 1040. The van der Waals surface area contributed by atoms with Gasteiger partial charge in [-0.05, 0) is 36.6 Å². The first-order valence-corrected chi connectivity index (χ1v) is 12.4. The number of amides is 2. The summed E-state index contributed by atoms with van der Waals surface area (Å²) < 4.78 is 5.41. The molecule has 2 amide bonds. The third kappa shape index (κ3) is 4.92. The number of morpholine rings is 1. The van der Waals surface area contributed by atoms with Crippen molar-refractivity contribution in [3.8, 4) is 0 Å². The molecule has 2 aromatic carbocycles. The summed E-state index contributed by atoms with van der Waals surface area (Å²) in [4.78, 5) is 29.6. The molecule has 7 nitrogen and oxygen atoms in total. The van der Waals surface area contributed by atoms with Gasteiger partial charge in [0.05, 0.1) is 36.0 Å². The third-order valence-corrected chi connectivity index (χ3v) is 7.48. The number of hydrogen-bond acceptors (Lipinski definition) is 5. The normalized spacial score (nSPS) is 25.4. The van der Waals surface area contributed by atoms with E-state index >= 15 is 0 Å². The zero-order chi connectivity index (χ0) is 23.5. The van der Waals surface area contributed by atoms with Gasteiger partial charge in [-0.25, -0.2) is 0 Å². The molecule has 2 aromatic rings. The fraction of sp³-hybridized carbons (Fsp3) is 0.462. The van der Waals surface area contributed by atoms with Crippen molar-refractivity contribution in [1.82, 2.24) is 10.2 Å². The van der Waals surface area contributed by atoms with Gasteiger partial charge in [-0.15, -0.1) is 0 Å². The Labute approximate surface area is 205 Å². The lowest BCUT2D eigenvalue weighted by Gasteiger charge is -2.39. The van der Waals surface area contributed by atoms with Gasteiger partial charge in [-0.1, -0.05) is 41.9 Å². The van der Waals surface area contributed by atoms with Gasteiger partial charge in [0.2, 0.25) is 11.8 Å². The van der Waals surface area contributed by atoms with E-state index in [0.717, 1.165) is 38.2 Å².